The summed E-state index contributed by atoms with van der Waals surface area (Å²) >= 11 is 0. The highest BCUT2D eigenvalue weighted by Crippen LogP contribution is 2.53. The van der Waals surface area contributed by atoms with Crippen molar-refractivity contribution in [2.24, 2.45) is 0 Å². The lowest BCUT2D eigenvalue weighted by molar-refractivity contribution is 0.464. The number of hydrogen-bond donors (Lipinski definition) is 1. The number of ether oxygens (including phenoxy) is 3. The van der Waals surface area contributed by atoms with E-state index in [4.69, 9.17) is 14.2 Å². The summed E-state index contributed by atoms with van der Waals surface area (Å²) in [4.78, 5) is 2.62. The van der Waals surface area contributed by atoms with Crippen LogP contribution in [0.2, 0.25) is 0 Å². The molecule has 4 aromatic heterocycles. The van der Waals surface area contributed by atoms with Crippen LogP contribution < -0.4 is 73.6 Å². The van der Waals surface area contributed by atoms with E-state index in [1.54, 1.807) is 0 Å². The van der Waals surface area contributed by atoms with E-state index < -0.39 is 6.71 Å². The first-order valence-electron chi connectivity index (χ1n) is 51.4. The predicted molar refractivity (Wildman–Crippen MR) is 604 cm³/mol. The molecule has 1 N–H and O–H groups in total. The van der Waals surface area contributed by atoms with Crippen LogP contribution in [0.3, 0.4) is 0 Å². The maximum absolute atomic E-state index is 8.21. The third-order valence-corrected chi connectivity index (χ3v) is 32.7. The molecule has 0 bridgehead atoms. The molecule has 0 radical (unpaired) electrons. The fourth-order valence-electron chi connectivity index (χ4n) is 24.8. The molecule has 0 amide bonds. The average molecular weight is 1840 g/mol. The second-order valence-electron chi connectivity index (χ2n) is 51.8. The lowest BCUT2D eigenvalue weighted by atomic mass is 9.30. The van der Waals surface area contributed by atoms with Gasteiger partial charge in [-0.1, -0.05) is 277 Å². The normalized spacial score (nSPS) is 14.5. The van der Waals surface area contributed by atoms with Gasteiger partial charge in [0.2, 0.25) is 0 Å². The summed E-state index contributed by atoms with van der Waals surface area (Å²) in [5.41, 5.74) is 43.5. The van der Waals surface area contributed by atoms with Crippen molar-refractivity contribution in [3.8, 4) is 57.2 Å². The molecule has 702 valence electrons. The van der Waals surface area contributed by atoms with Crippen molar-refractivity contribution in [1.29, 1.82) is 0 Å². The molecule has 0 spiro atoms. The molecule has 6 aliphatic rings. The highest BCUT2D eigenvalue weighted by molar-refractivity contribution is 7.03. The Morgan fingerprint density at radius 3 is 0.950 bits per heavy atom. The second kappa shape index (κ2) is 29.0. The SMILES string of the molecule is Cc1cc(C)c(N2c3cc4c(cc3B3c5cc(C(C)(C)C)ccc5Oc5cc(-n6c7ccc(C(C)(C)C)cc7c7cc(C(C)(C)C)ccc76)cc2c53)B2c3cc5c(cc3Oc3cc(-n6c7ccc(C(C)(C)C)cc7c7cc(C(C)(C)C)ccc76)cc(c32)O4)Nc2cc(-n3c4ccc(C(C)(C)C)cc4c4cc(C(C)(C)C)ccc43)cc3c2B5c2cc(C(C)(C)C)cc4c5cc(C(C)(C)C)ccc5n-3c24)c(C)c1. The standard InChI is InChI=1S/C129H129B3N6O3/c1-69-47-70(2)119(71(3)48-69)138-107-68-112-96(66-93(107)131-94-57-79(128(25,26)27)38-46-110(94)139-113-62-82(61-109(138)117(113)131)135-102-41-33-74(123(10,11)12)51-86(102)87-52-75(124(13,14)15)34-42-103(87)135)132-95-65-92-98(67-111(95)140-114-63-83(64-115(141-112)118(114)132)136-104-43-35-76(125(16,17)18)53-88(104)89-54-77(126(19,20)21)36-44-105(89)136)133-99-59-81(134-100-39-31-72(121(4,5)6)49-84(100)85-50-73(122(7,8)9)32-40-101(85)134)60-108-116(99)130(92)97-58-80(129(28,29)30)56-91-90-55-78(127(22,23)24)37-45-106(90)137(108)120(91)97/h31-68,133H,1-30H3. The minimum absolute atomic E-state index is 0.0733. The van der Waals surface area contributed by atoms with Gasteiger partial charge in [0.05, 0.1) is 61.4 Å². The number of benzene rings is 15. The van der Waals surface area contributed by atoms with Crippen LogP contribution in [-0.4, -0.2) is 38.4 Å². The zero-order valence-electron chi connectivity index (χ0n) is 88.1. The van der Waals surface area contributed by atoms with E-state index in [9.17, 15) is 0 Å². The molecule has 0 unspecified atom stereocenters. The van der Waals surface area contributed by atoms with Gasteiger partial charge in [-0.25, -0.2) is 0 Å². The fourth-order valence-corrected chi connectivity index (χ4v) is 24.8. The monoisotopic (exact) mass is 1840 g/mol. The van der Waals surface area contributed by atoms with E-state index in [0.29, 0.717) is 0 Å². The number of hydrogen-bond acceptors (Lipinski definition) is 5. The summed E-state index contributed by atoms with van der Waals surface area (Å²) in [7, 11) is 0. The van der Waals surface area contributed by atoms with Crippen LogP contribution in [0, 0.1) is 20.8 Å². The quantitative estimate of drug-likeness (QED) is 0.178. The van der Waals surface area contributed by atoms with E-state index in [1.165, 1.54) is 159 Å². The first kappa shape index (κ1) is 89.1. The molecule has 6 aliphatic heterocycles. The van der Waals surface area contributed by atoms with Crippen LogP contribution in [0.5, 0.6) is 34.5 Å². The Kier molecular flexibility index (Phi) is 18.3. The molecule has 9 nitrogen and oxygen atoms in total. The molecule has 0 fully saturated rings. The van der Waals surface area contributed by atoms with Crippen molar-refractivity contribution >= 4 is 185 Å². The third kappa shape index (κ3) is 13.3. The fraction of sp³-hybridized carbons (Fsp3) is 0.302. The van der Waals surface area contributed by atoms with E-state index in [2.05, 4.69) is 467 Å². The van der Waals surface area contributed by atoms with Crippen LogP contribution in [0.4, 0.5) is 28.4 Å². The highest BCUT2D eigenvalue weighted by Gasteiger charge is 2.51. The highest BCUT2D eigenvalue weighted by atomic mass is 16.5. The number of nitrogens with zero attached hydrogens (tertiary/aromatic N) is 5. The molecular weight excluding hydrogens is 1710 g/mol. The Bertz CT molecular complexity index is 8620. The maximum Gasteiger partial charge on any atom is 0.260 e. The molecule has 0 aliphatic carbocycles. The zero-order valence-corrected chi connectivity index (χ0v) is 88.1. The molecule has 141 heavy (non-hydrogen) atoms. The number of anilines is 5. The lowest BCUT2D eigenvalue weighted by Crippen LogP contribution is -2.64. The van der Waals surface area contributed by atoms with Crippen molar-refractivity contribution in [3.63, 3.8) is 0 Å². The molecule has 0 atom stereocenters. The van der Waals surface area contributed by atoms with E-state index >= 15 is 0 Å². The number of fused-ring (bicyclic) bond motifs is 24. The summed E-state index contributed by atoms with van der Waals surface area (Å²) in [5, 5.41) is 14.3. The predicted octanol–water partition coefficient (Wildman–Crippen LogP) is 28.7. The number of nitrogens with one attached hydrogen (secondary N) is 1. The van der Waals surface area contributed by atoms with Gasteiger partial charge in [-0.2, -0.15) is 0 Å². The van der Waals surface area contributed by atoms with Crippen molar-refractivity contribution in [3.05, 3.63) is 297 Å². The smallest absolute Gasteiger partial charge is 0.260 e. The van der Waals surface area contributed by atoms with Crippen molar-refractivity contribution in [2.45, 2.75) is 256 Å². The van der Waals surface area contributed by atoms with Crippen LogP contribution in [0.15, 0.2) is 231 Å². The molecule has 10 heterocycles. The minimum atomic E-state index is -0.412. The van der Waals surface area contributed by atoms with Gasteiger partial charge in [0.15, 0.2) is 0 Å². The largest absolute Gasteiger partial charge is 0.458 e. The zero-order chi connectivity index (χ0) is 98.8. The molecule has 15 aromatic carbocycles. The van der Waals surface area contributed by atoms with Gasteiger partial charge in [-0.15, -0.1) is 0 Å². The van der Waals surface area contributed by atoms with Crippen LogP contribution in [0.1, 0.15) is 254 Å². The van der Waals surface area contributed by atoms with Gasteiger partial charge < -0.3 is 42.7 Å². The Morgan fingerprint density at radius 1 is 0.220 bits per heavy atom. The molecule has 0 saturated carbocycles. The first-order chi connectivity index (χ1) is 66.3. The van der Waals surface area contributed by atoms with Crippen LogP contribution in [0.25, 0.3) is 110 Å². The van der Waals surface area contributed by atoms with Crippen molar-refractivity contribution in [1.82, 2.24) is 18.3 Å². The summed E-state index contributed by atoms with van der Waals surface area (Å²) in [6, 6.07) is 92.2. The number of aryl methyl sites for hydroxylation is 3. The van der Waals surface area contributed by atoms with Crippen LogP contribution >= 0.6 is 0 Å². The lowest BCUT2D eigenvalue weighted by Gasteiger charge is -2.43. The summed E-state index contributed by atoms with van der Waals surface area (Å²) in [6.45, 7) is 69.2. The topological polar surface area (TPSA) is 62.7 Å². The van der Waals surface area contributed by atoms with Gasteiger partial charge in [-0.3, -0.25) is 0 Å². The second-order valence-corrected chi connectivity index (χ2v) is 51.8. The van der Waals surface area contributed by atoms with Gasteiger partial charge >= 0.3 is 0 Å². The first-order valence-corrected chi connectivity index (χ1v) is 51.4. The Balaban J connectivity index is 0.778. The van der Waals surface area contributed by atoms with E-state index in [1.807, 2.05) is 0 Å². The minimum Gasteiger partial charge on any atom is -0.458 e. The van der Waals surface area contributed by atoms with Crippen molar-refractivity contribution in [2.75, 3.05) is 10.2 Å². The molecule has 19 aromatic rings. The van der Waals surface area contributed by atoms with Gasteiger partial charge in [0.1, 0.15) is 34.5 Å². The molecule has 0 saturated heterocycles. The Morgan fingerprint density at radius 2 is 0.532 bits per heavy atom. The van der Waals surface area contributed by atoms with Gasteiger partial charge in [0, 0.05) is 113 Å². The Hall–Kier alpha value is -13.3. The molecule has 12 heteroatoms. The maximum atomic E-state index is 8.21. The third-order valence-electron chi connectivity index (χ3n) is 32.7. The van der Waals surface area contributed by atoms with Gasteiger partial charge in [0.25, 0.3) is 20.1 Å². The van der Waals surface area contributed by atoms with Gasteiger partial charge in [-0.05, 0) is 290 Å². The molecule has 25 rings (SSSR count). The number of rotatable bonds is 4. The molecular formula is C129H129B3N6O3. The summed E-state index contributed by atoms with van der Waals surface area (Å²) in [5.74, 6) is 4.81. The summed E-state index contributed by atoms with van der Waals surface area (Å²) in [6.07, 6.45) is 0. The van der Waals surface area contributed by atoms with E-state index in [-0.39, 0.29) is 62.2 Å². The van der Waals surface area contributed by atoms with Crippen molar-refractivity contribution < 1.29 is 14.2 Å². The average Bonchev–Trinajstić information content (AvgIpc) is 1.65. The Labute approximate surface area is 832 Å². The van der Waals surface area contributed by atoms with Crippen LogP contribution in [-0.2, 0) is 48.7 Å². The van der Waals surface area contributed by atoms with E-state index in [0.717, 1.165) is 129 Å². The number of aromatic nitrogens is 4. The summed E-state index contributed by atoms with van der Waals surface area (Å²) < 4.78 is 34.3.